The fraction of sp³-hybridized carbons (Fsp3) is 0. The number of aromatic amines is 1. The Hall–Kier alpha value is -2.35. The van der Waals surface area contributed by atoms with E-state index in [0.717, 1.165) is 16.9 Å². The van der Waals surface area contributed by atoms with Crippen LogP contribution in [0.2, 0.25) is 0 Å². The summed E-state index contributed by atoms with van der Waals surface area (Å²) in [4.78, 5) is 22.4. The van der Waals surface area contributed by atoms with Crippen molar-refractivity contribution >= 4 is 28.3 Å². The Labute approximate surface area is 99.3 Å². The number of amides is 2. The standard InChI is InChI=1S/C9H8N4O3S/c10-9(16)13-7-5(8(14)15)1-6(17-7)4-2-11-12-3-4/h1-3H,(H,11,12)(H,14,15)(H3,10,13,16). The van der Waals surface area contributed by atoms with Gasteiger partial charge in [-0.25, -0.2) is 9.59 Å². The zero-order chi connectivity index (χ0) is 12.4. The average molecular weight is 252 g/mol. The van der Waals surface area contributed by atoms with Gasteiger partial charge in [-0.05, 0) is 6.07 Å². The van der Waals surface area contributed by atoms with E-state index in [4.69, 9.17) is 10.8 Å². The lowest BCUT2D eigenvalue weighted by atomic mass is 10.2. The van der Waals surface area contributed by atoms with Gasteiger partial charge in [0.15, 0.2) is 0 Å². The van der Waals surface area contributed by atoms with E-state index in [-0.39, 0.29) is 10.6 Å². The molecule has 0 unspecified atom stereocenters. The van der Waals surface area contributed by atoms with Gasteiger partial charge >= 0.3 is 12.0 Å². The topological polar surface area (TPSA) is 121 Å². The number of anilines is 1. The third-order valence-electron chi connectivity index (χ3n) is 1.98. The summed E-state index contributed by atoms with van der Waals surface area (Å²) in [7, 11) is 0. The molecular weight excluding hydrogens is 244 g/mol. The summed E-state index contributed by atoms with van der Waals surface area (Å²) < 4.78 is 0. The van der Waals surface area contributed by atoms with Gasteiger partial charge in [0.1, 0.15) is 5.00 Å². The maximum absolute atomic E-state index is 11.0. The van der Waals surface area contributed by atoms with Crippen LogP contribution < -0.4 is 11.1 Å². The molecule has 0 bridgehead atoms. The highest BCUT2D eigenvalue weighted by Gasteiger charge is 2.17. The van der Waals surface area contributed by atoms with Gasteiger partial charge in [-0.1, -0.05) is 0 Å². The van der Waals surface area contributed by atoms with Crippen LogP contribution in [-0.2, 0) is 0 Å². The van der Waals surface area contributed by atoms with Crippen molar-refractivity contribution in [1.82, 2.24) is 10.2 Å². The first kappa shape index (κ1) is 11.1. The van der Waals surface area contributed by atoms with Gasteiger partial charge in [-0.2, -0.15) is 5.10 Å². The molecule has 5 N–H and O–H groups in total. The number of carbonyl (C=O) groups is 2. The number of nitrogens with zero attached hydrogens (tertiary/aromatic N) is 1. The minimum atomic E-state index is -1.13. The molecule has 2 amide bonds. The Morgan fingerprint density at radius 2 is 2.29 bits per heavy atom. The lowest BCUT2D eigenvalue weighted by molar-refractivity contribution is 0.0698. The van der Waals surface area contributed by atoms with Gasteiger partial charge in [0.05, 0.1) is 11.8 Å². The second-order valence-corrected chi connectivity index (χ2v) is 4.19. The Balaban J connectivity index is 2.44. The van der Waals surface area contributed by atoms with Crippen LogP contribution in [0.3, 0.4) is 0 Å². The van der Waals surface area contributed by atoms with Crippen LogP contribution in [0.5, 0.6) is 0 Å². The quantitative estimate of drug-likeness (QED) is 0.658. The molecule has 0 aromatic carbocycles. The summed E-state index contributed by atoms with van der Waals surface area (Å²) in [5.41, 5.74) is 5.72. The lowest BCUT2D eigenvalue weighted by Crippen LogP contribution is -2.19. The minimum absolute atomic E-state index is 0.00463. The van der Waals surface area contributed by atoms with Crippen molar-refractivity contribution in [1.29, 1.82) is 0 Å². The number of nitrogens with two attached hydrogens (primary N) is 1. The van der Waals surface area contributed by atoms with Crippen LogP contribution in [0.4, 0.5) is 9.80 Å². The number of aromatic nitrogens is 2. The smallest absolute Gasteiger partial charge is 0.338 e. The number of nitrogens with one attached hydrogen (secondary N) is 2. The minimum Gasteiger partial charge on any atom is -0.478 e. The molecule has 7 nitrogen and oxygen atoms in total. The molecule has 2 rings (SSSR count). The zero-order valence-electron chi connectivity index (χ0n) is 8.43. The SMILES string of the molecule is NC(=O)Nc1sc(-c2cn[nH]c2)cc1C(=O)O. The van der Waals surface area contributed by atoms with E-state index in [0.29, 0.717) is 4.88 Å². The predicted octanol–water partition coefficient (Wildman–Crippen LogP) is 1.33. The summed E-state index contributed by atoms with van der Waals surface area (Å²) in [5.74, 6) is -1.13. The normalized spacial score (nSPS) is 10.1. The molecule has 0 saturated carbocycles. The number of thiophene rings is 1. The van der Waals surface area contributed by atoms with Crippen molar-refractivity contribution in [3.05, 3.63) is 24.0 Å². The number of carboxylic acids is 1. The Morgan fingerprint density at radius 3 is 2.82 bits per heavy atom. The van der Waals surface area contributed by atoms with E-state index in [9.17, 15) is 9.59 Å². The van der Waals surface area contributed by atoms with Gasteiger partial charge in [0, 0.05) is 16.6 Å². The van der Waals surface area contributed by atoms with E-state index in [1.54, 1.807) is 12.4 Å². The van der Waals surface area contributed by atoms with Gasteiger partial charge < -0.3 is 10.8 Å². The number of carbonyl (C=O) groups excluding carboxylic acids is 1. The summed E-state index contributed by atoms with van der Waals surface area (Å²) in [6.07, 6.45) is 3.19. The Bertz CT molecular complexity index is 561. The number of primary amides is 1. The molecule has 2 aromatic heterocycles. The number of carboxylic acid groups (broad SMARTS) is 1. The Morgan fingerprint density at radius 1 is 1.53 bits per heavy atom. The summed E-state index contributed by atoms with van der Waals surface area (Å²) in [6.45, 7) is 0. The first-order valence-corrected chi connectivity index (χ1v) is 5.32. The van der Waals surface area contributed by atoms with Crippen LogP contribution in [0.15, 0.2) is 18.5 Å². The third-order valence-corrected chi connectivity index (χ3v) is 3.08. The molecule has 2 heterocycles. The van der Waals surface area contributed by atoms with Crippen molar-refractivity contribution in [2.75, 3.05) is 5.32 Å². The highest BCUT2D eigenvalue weighted by molar-refractivity contribution is 7.20. The molecule has 0 radical (unpaired) electrons. The van der Waals surface area contributed by atoms with E-state index < -0.39 is 12.0 Å². The van der Waals surface area contributed by atoms with Gasteiger partial charge in [-0.3, -0.25) is 10.4 Å². The summed E-state index contributed by atoms with van der Waals surface area (Å²) in [5, 5.41) is 17.9. The van der Waals surface area contributed by atoms with Gasteiger partial charge in [0.25, 0.3) is 0 Å². The fourth-order valence-corrected chi connectivity index (χ4v) is 2.32. The number of urea groups is 1. The summed E-state index contributed by atoms with van der Waals surface area (Å²) in [6, 6.07) is 0.663. The van der Waals surface area contributed by atoms with Crippen LogP contribution >= 0.6 is 11.3 Å². The molecule has 8 heteroatoms. The van der Waals surface area contributed by atoms with Crippen LogP contribution in [0.25, 0.3) is 10.4 Å². The van der Waals surface area contributed by atoms with Crippen molar-refractivity contribution in [2.45, 2.75) is 0 Å². The van der Waals surface area contributed by atoms with Crippen LogP contribution in [0.1, 0.15) is 10.4 Å². The molecule has 0 atom stereocenters. The lowest BCUT2D eigenvalue weighted by Gasteiger charge is -1.98. The molecule has 88 valence electrons. The molecule has 17 heavy (non-hydrogen) atoms. The number of rotatable bonds is 3. The molecule has 2 aromatic rings. The maximum Gasteiger partial charge on any atom is 0.338 e. The molecular formula is C9H8N4O3S. The van der Waals surface area contributed by atoms with Crippen molar-refractivity contribution in [2.24, 2.45) is 5.73 Å². The molecule has 0 spiro atoms. The number of H-pyrrole nitrogens is 1. The molecule has 0 saturated heterocycles. The maximum atomic E-state index is 11.0. The van der Waals surface area contributed by atoms with E-state index in [1.165, 1.54) is 6.07 Å². The van der Waals surface area contributed by atoms with Crippen LogP contribution in [0, 0.1) is 0 Å². The first-order chi connectivity index (χ1) is 8.08. The third kappa shape index (κ3) is 2.26. The number of hydrogen-bond donors (Lipinski definition) is 4. The number of hydrogen-bond acceptors (Lipinski definition) is 4. The highest BCUT2D eigenvalue weighted by atomic mass is 32.1. The predicted molar refractivity (Wildman–Crippen MR) is 62.1 cm³/mol. The van der Waals surface area contributed by atoms with Gasteiger partial charge in [-0.15, -0.1) is 11.3 Å². The van der Waals surface area contributed by atoms with Crippen molar-refractivity contribution in [3.8, 4) is 10.4 Å². The first-order valence-electron chi connectivity index (χ1n) is 4.50. The second-order valence-electron chi connectivity index (χ2n) is 3.13. The second kappa shape index (κ2) is 4.26. The highest BCUT2D eigenvalue weighted by Crippen LogP contribution is 2.34. The van der Waals surface area contributed by atoms with E-state index in [2.05, 4.69) is 15.5 Å². The monoisotopic (exact) mass is 252 g/mol. The van der Waals surface area contributed by atoms with E-state index in [1.807, 2.05) is 0 Å². The fourth-order valence-electron chi connectivity index (χ4n) is 1.28. The molecule has 0 aliphatic carbocycles. The number of aromatic carboxylic acids is 1. The Kier molecular flexibility index (Phi) is 2.79. The van der Waals surface area contributed by atoms with Crippen LogP contribution in [-0.4, -0.2) is 27.3 Å². The van der Waals surface area contributed by atoms with Crippen molar-refractivity contribution < 1.29 is 14.7 Å². The van der Waals surface area contributed by atoms with Gasteiger partial charge in [0.2, 0.25) is 0 Å². The summed E-state index contributed by atoms with van der Waals surface area (Å²) >= 11 is 1.12. The van der Waals surface area contributed by atoms with Crippen molar-refractivity contribution in [3.63, 3.8) is 0 Å². The average Bonchev–Trinajstić information content (AvgIpc) is 2.82. The largest absolute Gasteiger partial charge is 0.478 e. The van der Waals surface area contributed by atoms with E-state index >= 15 is 0 Å². The molecule has 0 aliphatic heterocycles. The zero-order valence-corrected chi connectivity index (χ0v) is 9.25. The molecule has 0 fully saturated rings. The molecule has 0 aliphatic rings.